The molecule has 11 heteroatoms. The third-order valence-electron chi connectivity index (χ3n) is 2.14. The Bertz CT molecular complexity index is 706. The van der Waals surface area contributed by atoms with Crippen molar-refractivity contribution in [1.82, 2.24) is 4.72 Å². The Morgan fingerprint density at radius 2 is 2.00 bits per heavy atom. The number of rotatable bonds is 7. The number of sulfonamides is 1. The average Bonchev–Trinajstić information content (AvgIpc) is 2.66. The zero-order chi connectivity index (χ0) is 15.6. The summed E-state index contributed by atoms with van der Waals surface area (Å²) < 4.78 is 48.1. The quantitative estimate of drug-likeness (QED) is 0.651. The van der Waals surface area contributed by atoms with E-state index in [1.54, 1.807) is 0 Å². The van der Waals surface area contributed by atoms with Gasteiger partial charge in [0.2, 0.25) is 10.0 Å². The van der Waals surface area contributed by atoms with Crippen LogP contribution in [0.3, 0.4) is 0 Å². The molecule has 0 aliphatic rings. The van der Waals surface area contributed by atoms with E-state index in [9.17, 15) is 21.6 Å². The first kappa shape index (κ1) is 17.6. The Kier molecular flexibility index (Phi) is 5.72. The summed E-state index contributed by atoms with van der Waals surface area (Å²) in [5, 5.41) is 8.80. The van der Waals surface area contributed by atoms with E-state index in [0.29, 0.717) is 0 Å². The molecule has 0 bridgehead atoms. The van der Waals surface area contributed by atoms with E-state index >= 15 is 0 Å². The van der Waals surface area contributed by atoms with Gasteiger partial charge in [-0.15, -0.1) is 11.3 Å². The lowest BCUT2D eigenvalue weighted by molar-refractivity contribution is 0.0702. The average molecular weight is 406 g/mol. The number of nitrogens with one attached hydrogen (secondary N) is 1. The first-order chi connectivity index (χ1) is 9.03. The van der Waals surface area contributed by atoms with Gasteiger partial charge in [-0.3, -0.25) is 0 Å². The molecule has 114 valence electrons. The van der Waals surface area contributed by atoms with E-state index in [0.717, 1.165) is 23.7 Å². The second-order valence-electron chi connectivity index (χ2n) is 3.93. The highest BCUT2D eigenvalue weighted by Crippen LogP contribution is 2.31. The highest BCUT2D eigenvalue weighted by atomic mass is 79.9. The third kappa shape index (κ3) is 5.13. The Hall–Kier alpha value is -0.490. The number of thiophene rings is 1. The van der Waals surface area contributed by atoms with Crippen molar-refractivity contribution in [2.45, 2.75) is 11.3 Å². The van der Waals surface area contributed by atoms with E-state index in [4.69, 9.17) is 5.11 Å². The first-order valence-corrected chi connectivity index (χ1v) is 10.4. The summed E-state index contributed by atoms with van der Waals surface area (Å²) in [7, 11) is -7.01. The molecule has 7 nitrogen and oxygen atoms in total. The zero-order valence-corrected chi connectivity index (χ0v) is 14.3. The van der Waals surface area contributed by atoms with Crippen LogP contribution in [-0.4, -0.2) is 46.5 Å². The highest BCUT2D eigenvalue weighted by Gasteiger charge is 2.22. The number of hydrogen-bond donors (Lipinski definition) is 2. The number of hydrogen-bond acceptors (Lipinski definition) is 6. The molecule has 0 fully saturated rings. The molecule has 0 atom stereocenters. The Morgan fingerprint density at radius 1 is 1.40 bits per heavy atom. The lowest BCUT2D eigenvalue weighted by Gasteiger charge is -2.05. The molecule has 0 spiro atoms. The summed E-state index contributed by atoms with van der Waals surface area (Å²) in [4.78, 5) is 10.5. The van der Waals surface area contributed by atoms with Gasteiger partial charge in [-0.2, -0.15) is 0 Å². The van der Waals surface area contributed by atoms with Crippen LogP contribution in [0.2, 0.25) is 0 Å². The Labute approximate surface area is 129 Å². The first-order valence-electron chi connectivity index (χ1n) is 5.23. The monoisotopic (exact) mass is 405 g/mol. The van der Waals surface area contributed by atoms with Crippen LogP contribution in [0.1, 0.15) is 16.1 Å². The minimum absolute atomic E-state index is 0.0416. The fourth-order valence-corrected chi connectivity index (χ4v) is 5.40. The van der Waals surface area contributed by atoms with Crippen LogP contribution < -0.4 is 4.72 Å². The fourth-order valence-electron chi connectivity index (χ4n) is 1.26. The predicted octanol–water partition coefficient (Wildman–Crippen LogP) is 0.922. The van der Waals surface area contributed by atoms with Crippen molar-refractivity contribution in [3.8, 4) is 0 Å². The molecule has 0 saturated heterocycles. The number of carboxylic acids is 1. The van der Waals surface area contributed by atoms with E-state index in [1.807, 2.05) is 0 Å². The van der Waals surface area contributed by atoms with Gasteiger partial charge < -0.3 is 5.11 Å². The smallest absolute Gasteiger partial charge is 0.345 e. The van der Waals surface area contributed by atoms with Gasteiger partial charge in [-0.05, 0) is 28.4 Å². The highest BCUT2D eigenvalue weighted by molar-refractivity contribution is 9.11. The Balaban J connectivity index is 2.77. The molecule has 0 aliphatic carbocycles. The second kappa shape index (κ2) is 6.52. The number of carbonyl (C=O) groups is 1. The molecule has 0 radical (unpaired) electrons. The van der Waals surface area contributed by atoms with Crippen LogP contribution in [0.15, 0.2) is 14.7 Å². The topological polar surface area (TPSA) is 118 Å². The van der Waals surface area contributed by atoms with Crippen LogP contribution in [0, 0.1) is 0 Å². The third-order valence-corrected chi connectivity index (χ3v) is 6.87. The van der Waals surface area contributed by atoms with Gasteiger partial charge >= 0.3 is 5.97 Å². The summed E-state index contributed by atoms with van der Waals surface area (Å²) in [5.41, 5.74) is 0. The summed E-state index contributed by atoms with van der Waals surface area (Å²) in [6.45, 7) is -0.0416. The van der Waals surface area contributed by atoms with E-state index in [1.165, 1.54) is 0 Å². The molecular weight excluding hydrogens is 394 g/mol. The SMILES string of the molecule is CS(=O)(=O)CCCNS(=O)(=O)c1cc(C(=O)O)sc1Br. The maximum absolute atomic E-state index is 11.9. The lowest BCUT2D eigenvalue weighted by Crippen LogP contribution is -2.26. The van der Waals surface area contributed by atoms with Gasteiger partial charge in [-0.25, -0.2) is 26.4 Å². The predicted molar refractivity (Wildman–Crippen MR) is 78.5 cm³/mol. The maximum atomic E-state index is 11.9. The van der Waals surface area contributed by atoms with E-state index in [-0.39, 0.29) is 32.3 Å². The molecular formula is C9H12BrNO6S3. The van der Waals surface area contributed by atoms with Gasteiger partial charge in [0.1, 0.15) is 19.6 Å². The van der Waals surface area contributed by atoms with Crippen LogP contribution in [0.25, 0.3) is 0 Å². The molecule has 1 heterocycles. The van der Waals surface area contributed by atoms with Crippen molar-refractivity contribution in [1.29, 1.82) is 0 Å². The summed E-state index contributed by atoms with van der Waals surface area (Å²) >= 11 is 3.80. The molecule has 2 N–H and O–H groups in total. The standard InChI is InChI=1S/C9H12BrNO6S3/c1-19(14,15)4-2-3-11-20(16,17)7-5-6(9(12)13)18-8(7)10/h5,11H,2-4H2,1H3,(H,12,13). The molecule has 0 saturated carbocycles. The number of carboxylic acid groups (broad SMARTS) is 1. The van der Waals surface area contributed by atoms with E-state index in [2.05, 4.69) is 20.7 Å². The molecule has 0 aliphatic heterocycles. The molecule has 0 amide bonds. The molecule has 1 aromatic rings. The molecule has 20 heavy (non-hydrogen) atoms. The largest absolute Gasteiger partial charge is 0.477 e. The van der Waals surface area contributed by atoms with Crippen LogP contribution in [0.4, 0.5) is 0 Å². The van der Waals surface area contributed by atoms with E-state index < -0.39 is 25.8 Å². The number of aromatic carboxylic acids is 1. The minimum Gasteiger partial charge on any atom is -0.477 e. The van der Waals surface area contributed by atoms with Gasteiger partial charge in [-0.1, -0.05) is 0 Å². The van der Waals surface area contributed by atoms with Crippen molar-refractivity contribution in [2.24, 2.45) is 0 Å². The fraction of sp³-hybridized carbons (Fsp3) is 0.444. The van der Waals surface area contributed by atoms with Crippen molar-refractivity contribution in [3.63, 3.8) is 0 Å². The molecule has 1 aromatic heterocycles. The molecule has 1 rings (SSSR count). The van der Waals surface area contributed by atoms with Crippen molar-refractivity contribution >= 4 is 53.1 Å². The van der Waals surface area contributed by atoms with Crippen LogP contribution >= 0.6 is 27.3 Å². The maximum Gasteiger partial charge on any atom is 0.345 e. The molecule has 0 unspecified atom stereocenters. The van der Waals surface area contributed by atoms with Gasteiger partial charge in [0.05, 0.1) is 9.54 Å². The lowest BCUT2D eigenvalue weighted by atomic mass is 10.5. The summed E-state index contributed by atoms with van der Waals surface area (Å²) in [5.74, 6) is -1.34. The summed E-state index contributed by atoms with van der Waals surface area (Å²) in [6, 6.07) is 1.05. The van der Waals surface area contributed by atoms with Gasteiger partial charge in [0, 0.05) is 12.8 Å². The Morgan fingerprint density at radius 3 is 2.45 bits per heavy atom. The summed E-state index contributed by atoms with van der Waals surface area (Å²) in [6.07, 6.45) is 1.21. The number of sulfone groups is 1. The molecule has 0 aromatic carbocycles. The number of halogens is 1. The van der Waals surface area contributed by atoms with Gasteiger partial charge in [0.15, 0.2) is 0 Å². The zero-order valence-electron chi connectivity index (χ0n) is 10.3. The normalized spacial score (nSPS) is 12.5. The van der Waals surface area contributed by atoms with Crippen LogP contribution in [-0.2, 0) is 19.9 Å². The second-order valence-corrected chi connectivity index (χ2v) is 10.3. The van der Waals surface area contributed by atoms with Crippen molar-refractivity contribution in [2.75, 3.05) is 18.6 Å². The van der Waals surface area contributed by atoms with Crippen molar-refractivity contribution < 1.29 is 26.7 Å². The minimum atomic E-state index is -3.87. The van der Waals surface area contributed by atoms with Crippen LogP contribution in [0.5, 0.6) is 0 Å². The van der Waals surface area contributed by atoms with Gasteiger partial charge in [0.25, 0.3) is 0 Å². The van der Waals surface area contributed by atoms with Crippen molar-refractivity contribution in [3.05, 3.63) is 14.7 Å².